The molecule has 4 rings (SSSR count). The SMILES string of the molecule is CC1CC1C(=O)Nc1ccc(C(=O)NCc2ccc(N3CCCCC3)nc2)cc1. The molecule has 2 heterocycles. The lowest BCUT2D eigenvalue weighted by Crippen LogP contribution is -2.30. The summed E-state index contributed by atoms with van der Waals surface area (Å²) in [5.74, 6) is 1.54. The summed E-state index contributed by atoms with van der Waals surface area (Å²) in [7, 11) is 0. The molecular formula is C23H28N4O2. The van der Waals surface area contributed by atoms with Gasteiger partial charge in [-0.15, -0.1) is 0 Å². The fourth-order valence-electron chi connectivity index (χ4n) is 3.74. The molecule has 2 aliphatic rings. The van der Waals surface area contributed by atoms with Crippen LogP contribution in [0.1, 0.15) is 48.5 Å². The number of nitrogens with zero attached hydrogens (tertiary/aromatic N) is 2. The van der Waals surface area contributed by atoms with Gasteiger partial charge in [0.05, 0.1) is 0 Å². The predicted octanol–water partition coefficient (Wildman–Crippen LogP) is 3.60. The second kappa shape index (κ2) is 8.64. The van der Waals surface area contributed by atoms with E-state index in [-0.39, 0.29) is 17.7 Å². The first kappa shape index (κ1) is 19.4. The van der Waals surface area contributed by atoms with Gasteiger partial charge in [-0.25, -0.2) is 4.98 Å². The van der Waals surface area contributed by atoms with Crippen LogP contribution < -0.4 is 15.5 Å². The van der Waals surface area contributed by atoms with E-state index in [9.17, 15) is 9.59 Å². The molecule has 152 valence electrons. The number of amides is 2. The third kappa shape index (κ3) is 4.94. The van der Waals surface area contributed by atoms with E-state index in [4.69, 9.17) is 0 Å². The van der Waals surface area contributed by atoms with Crippen molar-refractivity contribution >= 4 is 23.3 Å². The number of aromatic nitrogens is 1. The van der Waals surface area contributed by atoms with Gasteiger partial charge in [0.25, 0.3) is 5.91 Å². The van der Waals surface area contributed by atoms with E-state index in [0.29, 0.717) is 18.0 Å². The highest BCUT2D eigenvalue weighted by molar-refractivity contribution is 5.96. The maximum absolute atomic E-state index is 12.4. The molecule has 2 atom stereocenters. The number of pyridine rings is 1. The molecule has 2 fully saturated rings. The summed E-state index contributed by atoms with van der Waals surface area (Å²) in [4.78, 5) is 31.3. The third-order valence-electron chi connectivity index (χ3n) is 5.80. The second-order valence-corrected chi connectivity index (χ2v) is 8.14. The molecule has 2 amide bonds. The number of nitrogens with one attached hydrogen (secondary N) is 2. The number of carbonyl (C=O) groups is 2. The normalized spacial score (nSPS) is 20.8. The minimum absolute atomic E-state index is 0.0650. The Morgan fingerprint density at radius 2 is 1.79 bits per heavy atom. The fourth-order valence-corrected chi connectivity index (χ4v) is 3.74. The van der Waals surface area contributed by atoms with Crippen molar-refractivity contribution in [3.05, 3.63) is 53.7 Å². The van der Waals surface area contributed by atoms with Gasteiger partial charge in [0, 0.05) is 43.0 Å². The van der Waals surface area contributed by atoms with Crippen LogP contribution in [0.4, 0.5) is 11.5 Å². The zero-order valence-electron chi connectivity index (χ0n) is 16.9. The summed E-state index contributed by atoms with van der Waals surface area (Å²) >= 11 is 0. The van der Waals surface area contributed by atoms with Crippen LogP contribution in [0, 0.1) is 11.8 Å². The summed E-state index contributed by atoms with van der Waals surface area (Å²) in [6, 6.07) is 11.1. The molecule has 1 aliphatic heterocycles. The lowest BCUT2D eigenvalue weighted by Gasteiger charge is -2.27. The lowest BCUT2D eigenvalue weighted by atomic mass is 10.1. The van der Waals surface area contributed by atoms with E-state index >= 15 is 0 Å². The Labute approximate surface area is 171 Å². The largest absolute Gasteiger partial charge is 0.357 e. The van der Waals surface area contributed by atoms with Crippen molar-refractivity contribution in [2.75, 3.05) is 23.3 Å². The molecule has 6 nitrogen and oxygen atoms in total. The first-order valence-electron chi connectivity index (χ1n) is 10.5. The minimum Gasteiger partial charge on any atom is -0.357 e. The highest BCUT2D eigenvalue weighted by Gasteiger charge is 2.39. The zero-order valence-corrected chi connectivity index (χ0v) is 16.9. The Morgan fingerprint density at radius 3 is 2.41 bits per heavy atom. The number of benzene rings is 1. The lowest BCUT2D eigenvalue weighted by molar-refractivity contribution is -0.117. The van der Waals surface area contributed by atoms with Crippen LogP contribution in [0.5, 0.6) is 0 Å². The van der Waals surface area contributed by atoms with Gasteiger partial charge in [0.15, 0.2) is 0 Å². The molecule has 0 bridgehead atoms. The highest BCUT2D eigenvalue weighted by atomic mass is 16.2. The molecule has 1 saturated heterocycles. The number of anilines is 2. The first-order chi connectivity index (χ1) is 14.1. The molecule has 1 aromatic carbocycles. The summed E-state index contributed by atoms with van der Waals surface area (Å²) < 4.78 is 0. The van der Waals surface area contributed by atoms with Crippen LogP contribution in [0.15, 0.2) is 42.6 Å². The molecule has 1 aromatic heterocycles. The van der Waals surface area contributed by atoms with Crippen LogP contribution in [-0.2, 0) is 11.3 Å². The standard InChI is InChI=1S/C23H28N4O2/c1-16-13-20(16)23(29)26-19-8-6-18(7-9-19)22(28)25-15-17-5-10-21(24-14-17)27-11-3-2-4-12-27/h5-10,14,16,20H,2-4,11-13,15H2,1H3,(H,25,28)(H,26,29). The maximum Gasteiger partial charge on any atom is 0.251 e. The van der Waals surface area contributed by atoms with Crippen molar-refractivity contribution in [2.45, 2.75) is 39.2 Å². The van der Waals surface area contributed by atoms with Gasteiger partial charge in [-0.3, -0.25) is 9.59 Å². The van der Waals surface area contributed by atoms with E-state index in [1.165, 1.54) is 19.3 Å². The van der Waals surface area contributed by atoms with Gasteiger partial charge >= 0.3 is 0 Å². The van der Waals surface area contributed by atoms with Crippen LogP contribution in [0.25, 0.3) is 0 Å². The monoisotopic (exact) mass is 392 g/mol. The third-order valence-corrected chi connectivity index (χ3v) is 5.80. The Morgan fingerprint density at radius 1 is 1.07 bits per heavy atom. The summed E-state index contributed by atoms with van der Waals surface area (Å²) in [6.07, 6.45) is 6.54. The van der Waals surface area contributed by atoms with Gasteiger partial charge in [-0.05, 0) is 67.5 Å². The van der Waals surface area contributed by atoms with Crippen molar-refractivity contribution in [3.8, 4) is 0 Å². The van der Waals surface area contributed by atoms with Gasteiger partial charge < -0.3 is 15.5 Å². The topological polar surface area (TPSA) is 74.3 Å². The van der Waals surface area contributed by atoms with Crippen molar-refractivity contribution in [1.29, 1.82) is 0 Å². The van der Waals surface area contributed by atoms with E-state index in [0.717, 1.165) is 36.6 Å². The molecule has 1 saturated carbocycles. The smallest absolute Gasteiger partial charge is 0.251 e. The van der Waals surface area contributed by atoms with E-state index in [1.807, 2.05) is 18.3 Å². The van der Waals surface area contributed by atoms with E-state index in [2.05, 4.69) is 27.4 Å². The van der Waals surface area contributed by atoms with Crippen molar-refractivity contribution in [2.24, 2.45) is 11.8 Å². The molecule has 0 spiro atoms. The first-order valence-corrected chi connectivity index (χ1v) is 10.5. The molecule has 6 heteroatoms. The number of hydrogen-bond acceptors (Lipinski definition) is 4. The van der Waals surface area contributed by atoms with E-state index < -0.39 is 0 Å². The molecule has 2 aromatic rings. The Hall–Kier alpha value is -2.89. The quantitative estimate of drug-likeness (QED) is 0.788. The highest BCUT2D eigenvalue weighted by Crippen LogP contribution is 2.38. The van der Waals surface area contributed by atoms with Crippen molar-refractivity contribution in [3.63, 3.8) is 0 Å². The Balaban J connectivity index is 1.27. The molecule has 29 heavy (non-hydrogen) atoms. The summed E-state index contributed by atoms with van der Waals surface area (Å²) in [5.41, 5.74) is 2.27. The molecule has 1 aliphatic carbocycles. The van der Waals surface area contributed by atoms with Crippen LogP contribution >= 0.6 is 0 Å². The zero-order chi connectivity index (χ0) is 20.2. The van der Waals surface area contributed by atoms with Crippen LogP contribution in [0.2, 0.25) is 0 Å². The Kier molecular flexibility index (Phi) is 5.79. The number of carbonyl (C=O) groups excluding carboxylic acids is 2. The molecule has 2 unspecified atom stereocenters. The second-order valence-electron chi connectivity index (χ2n) is 8.14. The Bertz CT molecular complexity index is 857. The molecule has 0 radical (unpaired) electrons. The molecule has 2 N–H and O–H groups in total. The average molecular weight is 393 g/mol. The summed E-state index contributed by atoms with van der Waals surface area (Å²) in [5, 5.41) is 5.84. The minimum atomic E-state index is -0.140. The van der Waals surface area contributed by atoms with Gasteiger partial charge in [0.2, 0.25) is 5.91 Å². The van der Waals surface area contributed by atoms with Crippen molar-refractivity contribution < 1.29 is 9.59 Å². The number of hydrogen-bond donors (Lipinski definition) is 2. The van der Waals surface area contributed by atoms with Gasteiger partial charge in [-0.1, -0.05) is 13.0 Å². The van der Waals surface area contributed by atoms with Crippen molar-refractivity contribution in [1.82, 2.24) is 10.3 Å². The fraction of sp³-hybridized carbons (Fsp3) is 0.435. The summed E-state index contributed by atoms with van der Waals surface area (Å²) in [6.45, 7) is 4.65. The predicted molar refractivity (Wildman–Crippen MR) is 114 cm³/mol. The average Bonchev–Trinajstić information content (AvgIpc) is 3.50. The maximum atomic E-state index is 12.4. The number of piperidine rings is 1. The van der Waals surface area contributed by atoms with Crippen LogP contribution in [0.3, 0.4) is 0 Å². The van der Waals surface area contributed by atoms with Gasteiger partial charge in [0.1, 0.15) is 5.82 Å². The van der Waals surface area contributed by atoms with Crippen LogP contribution in [-0.4, -0.2) is 29.9 Å². The van der Waals surface area contributed by atoms with Gasteiger partial charge in [-0.2, -0.15) is 0 Å². The van der Waals surface area contributed by atoms with E-state index in [1.54, 1.807) is 24.3 Å². The number of rotatable bonds is 6. The molecular weight excluding hydrogens is 364 g/mol.